The van der Waals surface area contributed by atoms with Crippen molar-refractivity contribution < 1.29 is 9.84 Å². The predicted octanol–water partition coefficient (Wildman–Crippen LogP) is 3.93. The van der Waals surface area contributed by atoms with Gasteiger partial charge in [-0.05, 0) is 62.7 Å². The molecular weight excluding hydrogens is 310 g/mol. The number of ether oxygens (including phenoxy) is 1. The third-order valence-electron chi connectivity index (χ3n) is 3.58. The number of rotatable bonds is 8. The van der Waals surface area contributed by atoms with Gasteiger partial charge in [-0.15, -0.1) is 12.4 Å². The van der Waals surface area contributed by atoms with Gasteiger partial charge < -0.3 is 14.7 Å². The van der Waals surface area contributed by atoms with Gasteiger partial charge in [0.05, 0.1) is 6.61 Å². The molecule has 0 amide bonds. The Morgan fingerprint density at radius 2 is 1.74 bits per heavy atom. The first-order valence-corrected chi connectivity index (χ1v) is 7.78. The first kappa shape index (κ1) is 19.3. The summed E-state index contributed by atoms with van der Waals surface area (Å²) in [5, 5.41) is 9.72. The second-order valence-corrected chi connectivity index (χ2v) is 5.78. The lowest BCUT2D eigenvalue weighted by molar-refractivity contribution is 0.279. The summed E-state index contributed by atoms with van der Waals surface area (Å²) in [7, 11) is 4.12. The fourth-order valence-corrected chi connectivity index (χ4v) is 2.39. The average molecular weight is 336 g/mol. The summed E-state index contributed by atoms with van der Waals surface area (Å²) in [5.74, 6) is 1.18. The van der Waals surface area contributed by atoms with Gasteiger partial charge in [0.2, 0.25) is 0 Å². The highest BCUT2D eigenvalue weighted by atomic mass is 35.5. The molecule has 0 atom stereocenters. The monoisotopic (exact) mass is 335 g/mol. The van der Waals surface area contributed by atoms with Crippen LogP contribution in [0.25, 0.3) is 0 Å². The molecule has 2 aromatic carbocycles. The van der Waals surface area contributed by atoms with Gasteiger partial charge >= 0.3 is 0 Å². The SMILES string of the molecule is CN(C)CCCOc1ccc(O)cc1CCc1ccccc1.Cl. The fourth-order valence-electron chi connectivity index (χ4n) is 2.39. The molecule has 23 heavy (non-hydrogen) atoms. The van der Waals surface area contributed by atoms with Crippen LogP contribution in [0.15, 0.2) is 48.5 Å². The summed E-state index contributed by atoms with van der Waals surface area (Å²) in [6.07, 6.45) is 2.80. The minimum absolute atomic E-state index is 0. The second-order valence-electron chi connectivity index (χ2n) is 5.78. The summed E-state index contributed by atoms with van der Waals surface area (Å²) >= 11 is 0. The molecular formula is C19H26ClNO2. The van der Waals surface area contributed by atoms with Crippen molar-refractivity contribution in [2.75, 3.05) is 27.2 Å². The molecule has 0 heterocycles. The lowest BCUT2D eigenvalue weighted by atomic mass is 10.0. The van der Waals surface area contributed by atoms with Gasteiger partial charge in [0.15, 0.2) is 0 Å². The van der Waals surface area contributed by atoms with Crippen LogP contribution in [0.2, 0.25) is 0 Å². The molecule has 0 radical (unpaired) electrons. The van der Waals surface area contributed by atoms with Gasteiger partial charge in [-0.3, -0.25) is 0 Å². The Morgan fingerprint density at radius 3 is 2.43 bits per heavy atom. The topological polar surface area (TPSA) is 32.7 Å². The van der Waals surface area contributed by atoms with Crippen LogP contribution >= 0.6 is 12.4 Å². The van der Waals surface area contributed by atoms with E-state index in [0.717, 1.165) is 37.1 Å². The molecule has 4 heteroatoms. The molecule has 0 bridgehead atoms. The normalized spacial score (nSPS) is 10.4. The van der Waals surface area contributed by atoms with Crippen LogP contribution in [0.3, 0.4) is 0 Å². The van der Waals surface area contributed by atoms with Gasteiger partial charge in [-0.2, -0.15) is 0 Å². The maximum atomic E-state index is 9.72. The molecule has 0 aliphatic heterocycles. The lowest BCUT2D eigenvalue weighted by Gasteiger charge is -2.14. The van der Waals surface area contributed by atoms with Crippen molar-refractivity contribution in [1.82, 2.24) is 4.90 Å². The predicted molar refractivity (Wildman–Crippen MR) is 97.9 cm³/mol. The largest absolute Gasteiger partial charge is 0.508 e. The van der Waals surface area contributed by atoms with Gasteiger partial charge in [0, 0.05) is 6.54 Å². The number of phenolic OH excluding ortho intramolecular Hbond substituents is 1. The Labute approximate surface area is 145 Å². The number of hydrogen-bond acceptors (Lipinski definition) is 3. The summed E-state index contributed by atoms with van der Waals surface area (Å²) in [5.41, 5.74) is 2.36. The van der Waals surface area contributed by atoms with Crippen molar-refractivity contribution in [2.24, 2.45) is 0 Å². The molecule has 0 aliphatic rings. The van der Waals surface area contributed by atoms with Crippen LogP contribution in [-0.2, 0) is 12.8 Å². The van der Waals surface area contributed by atoms with Crippen LogP contribution in [0.1, 0.15) is 17.5 Å². The van der Waals surface area contributed by atoms with E-state index in [1.54, 1.807) is 6.07 Å². The van der Waals surface area contributed by atoms with Gasteiger partial charge in [0.1, 0.15) is 11.5 Å². The van der Waals surface area contributed by atoms with Crippen LogP contribution in [0.5, 0.6) is 11.5 Å². The summed E-state index contributed by atoms with van der Waals surface area (Å²) in [6.45, 7) is 1.71. The van der Waals surface area contributed by atoms with Crippen molar-refractivity contribution >= 4 is 12.4 Å². The van der Waals surface area contributed by atoms with E-state index in [1.165, 1.54) is 5.56 Å². The van der Waals surface area contributed by atoms with E-state index in [2.05, 4.69) is 43.3 Å². The zero-order valence-corrected chi connectivity index (χ0v) is 14.7. The van der Waals surface area contributed by atoms with Crippen LogP contribution < -0.4 is 4.74 Å². The van der Waals surface area contributed by atoms with Crippen molar-refractivity contribution in [3.8, 4) is 11.5 Å². The highest BCUT2D eigenvalue weighted by Gasteiger charge is 2.06. The quantitative estimate of drug-likeness (QED) is 0.742. The Kier molecular flexibility index (Phi) is 8.52. The molecule has 3 nitrogen and oxygen atoms in total. The van der Waals surface area contributed by atoms with Crippen LogP contribution in [0.4, 0.5) is 0 Å². The van der Waals surface area contributed by atoms with E-state index in [0.29, 0.717) is 12.4 Å². The molecule has 0 unspecified atom stereocenters. The number of aromatic hydroxyl groups is 1. The van der Waals surface area contributed by atoms with E-state index in [9.17, 15) is 5.11 Å². The number of benzene rings is 2. The minimum Gasteiger partial charge on any atom is -0.508 e. The highest BCUT2D eigenvalue weighted by molar-refractivity contribution is 5.85. The molecule has 0 aromatic heterocycles. The summed E-state index contributed by atoms with van der Waals surface area (Å²) in [4.78, 5) is 2.15. The van der Waals surface area contributed by atoms with Crippen molar-refractivity contribution in [1.29, 1.82) is 0 Å². The van der Waals surface area contributed by atoms with Crippen LogP contribution in [0, 0.1) is 0 Å². The number of phenols is 1. The van der Waals surface area contributed by atoms with E-state index >= 15 is 0 Å². The van der Waals surface area contributed by atoms with Crippen molar-refractivity contribution in [3.05, 3.63) is 59.7 Å². The molecule has 126 valence electrons. The van der Waals surface area contributed by atoms with E-state index in [-0.39, 0.29) is 12.4 Å². The van der Waals surface area contributed by atoms with E-state index in [4.69, 9.17) is 4.74 Å². The van der Waals surface area contributed by atoms with E-state index < -0.39 is 0 Å². The fraction of sp³-hybridized carbons (Fsp3) is 0.368. The Balaban J connectivity index is 0.00000264. The van der Waals surface area contributed by atoms with Gasteiger partial charge in [-0.25, -0.2) is 0 Å². The minimum atomic E-state index is 0. The lowest BCUT2D eigenvalue weighted by Crippen LogP contribution is -2.15. The molecule has 2 aromatic rings. The maximum absolute atomic E-state index is 9.72. The molecule has 0 saturated carbocycles. The van der Waals surface area contributed by atoms with Crippen LogP contribution in [-0.4, -0.2) is 37.3 Å². The number of aryl methyl sites for hydroxylation is 2. The third-order valence-corrected chi connectivity index (χ3v) is 3.58. The van der Waals surface area contributed by atoms with E-state index in [1.807, 2.05) is 18.2 Å². The molecule has 2 rings (SSSR count). The van der Waals surface area contributed by atoms with Gasteiger partial charge in [-0.1, -0.05) is 30.3 Å². The van der Waals surface area contributed by atoms with Crippen molar-refractivity contribution in [2.45, 2.75) is 19.3 Å². The molecule has 0 saturated heterocycles. The molecule has 0 aliphatic carbocycles. The Hall–Kier alpha value is -1.71. The number of halogens is 1. The molecule has 1 N–H and O–H groups in total. The number of hydrogen-bond donors (Lipinski definition) is 1. The Bertz CT molecular complexity index is 573. The maximum Gasteiger partial charge on any atom is 0.122 e. The first-order valence-electron chi connectivity index (χ1n) is 7.78. The zero-order valence-electron chi connectivity index (χ0n) is 13.9. The second kappa shape index (κ2) is 10.1. The molecule has 0 spiro atoms. The third kappa shape index (κ3) is 6.93. The highest BCUT2D eigenvalue weighted by Crippen LogP contribution is 2.25. The van der Waals surface area contributed by atoms with Crippen molar-refractivity contribution in [3.63, 3.8) is 0 Å². The smallest absolute Gasteiger partial charge is 0.122 e. The Morgan fingerprint density at radius 1 is 1.00 bits per heavy atom. The zero-order chi connectivity index (χ0) is 15.8. The van der Waals surface area contributed by atoms with Gasteiger partial charge in [0.25, 0.3) is 0 Å². The standard InChI is InChI=1S/C19H25NO2.ClH/c1-20(2)13-6-14-22-19-12-11-18(21)15-17(19)10-9-16-7-4-3-5-8-16;/h3-5,7-8,11-12,15,21H,6,9-10,13-14H2,1-2H3;1H. The summed E-state index contributed by atoms with van der Waals surface area (Å²) < 4.78 is 5.89. The number of nitrogens with zero attached hydrogens (tertiary/aromatic N) is 1. The first-order chi connectivity index (χ1) is 10.6. The summed E-state index contributed by atoms with van der Waals surface area (Å²) in [6, 6.07) is 15.7. The average Bonchev–Trinajstić information content (AvgIpc) is 2.52. The molecule has 0 fully saturated rings.